The average Bonchev–Trinajstić information content (AvgIpc) is 3.01. The maximum absolute atomic E-state index is 3.69. The fourth-order valence-corrected chi connectivity index (χ4v) is 4.07. The molecule has 1 aromatic carbocycles. The van der Waals surface area contributed by atoms with Crippen LogP contribution in [0, 0.1) is 0 Å². The van der Waals surface area contributed by atoms with Gasteiger partial charge in [-0.3, -0.25) is 0 Å². The highest BCUT2D eigenvalue weighted by atomic mass is 32.2. The fourth-order valence-electron chi connectivity index (χ4n) is 2.92. The third-order valence-electron chi connectivity index (χ3n) is 3.89. The summed E-state index contributed by atoms with van der Waals surface area (Å²) < 4.78 is 0. The van der Waals surface area contributed by atoms with Gasteiger partial charge in [-0.1, -0.05) is 13.0 Å². The molecule has 0 radical (unpaired) electrons. The van der Waals surface area contributed by atoms with Crippen molar-refractivity contribution >= 4 is 23.1 Å². The summed E-state index contributed by atoms with van der Waals surface area (Å²) in [5, 5.41) is 4.50. The summed E-state index contributed by atoms with van der Waals surface area (Å²) in [5.74, 6) is 1.25. The van der Waals surface area contributed by atoms with Crippen molar-refractivity contribution in [3.05, 3.63) is 24.3 Å². The van der Waals surface area contributed by atoms with Gasteiger partial charge in [-0.25, -0.2) is 0 Å². The van der Waals surface area contributed by atoms with Gasteiger partial charge in [0.25, 0.3) is 0 Å². The minimum Gasteiger partial charge on any atom is -0.381 e. The zero-order valence-electron chi connectivity index (χ0n) is 11.1. The van der Waals surface area contributed by atoms with E-state index in [1.54, 1.807) is 0 Å². The SMILES string of the molecule is CC1CC(Nc2cccc(N3CCCC3)c2)CS1. The molecule has 2 nitrogen and oxygen atoms in total. The molecule has 2 aliphatic rings. The fraction of sp³-hybridized carbons (Fsp3) is 0.600. The highest BCUT2D eigenvalue weighted by molar-refractivity contribution is 8.00. The largest absolute Gasteiger partial charge is 0.381 e. The van der Waals surface area contributed by atoms with Crippen LogP contribution in [0.3, 0.4) is 0 Å². The van der Waals surface area contributed by atoms with E-state index in [9.17, 15) is 0 Å². The topological polar surface area (TPSA) is 15.3 Å². The lowest BCUT2D eigenvalue weighted by Crippen LogP contribution is -2.20. The molecule has 2 aliphatic heterocycles. The van der Waals surface area contributed by atoms with Crippen molar-refractivity contribution in [2.45, 2.75) is 37.5 Å². The van der Waals surface area contributed by atoms with Crippen molar-refractivity contribution in [2.24, 2.45) is 0 Å². The van der Waals surface area contributed by atoms with E-state index in [-0.39, 0.29) is 0 Å². The van der Waals surface area contributed by atoms with E-state index in [0.717, 1.165) is 5.25 Å². The molecular weight excluding hydrogens is 240 g/mol. The first-order chi connectivity index (χ1) is 8.81. The second-order valence-electron chi connectivity index (χ2n) is 5.47. The summed E-state index contributed by atoms with van der Waals surface area (Å²) in [6, 6.07) is 9.59. The Labute approximate surface area is 114 Å². The van der Waals surface area contributed by atoms with Gasteiger partial charge in [0, 0.05) is 41.5 Å². The van der Waals surface area contributed by atoms with Gasteiger partial charge in [0.05, 0.1) is 0 Å². The van der Waals surface area contributed by atoms with Crippen LogP contribution < -0.4 is 10.2 Å². The lowest BCUT2D eigenvalue weighted by atomic mass is 10.2. The molecule has 0 aromatic heterocycles. The van der Waals surface area contributed by atoms with Gasteiger partial charge in [0.1, 0.15) is 0 Å². The summed E-state index contributed by atoms with van der Waals surface area (Å²) >= 11 is 2.08. The molecule has 0 spiro atoms. The standard InChI is InChI=1S/C15H22N2S/c1-12-9-14(11-18-12)16-13-5-4-6-15(10-13)17-7-2-3-8-17/h4-6,10,12,14,16H,2-3,7-9,11H2,1H3. The van der Waals surface area contributed by atoms with Gasteiger partial charge in [0.2, 0.25) is 0 Å². The predicted octanol–water partition coefficient (Wildman–Crippen LogP) is 3.59. The molecule has 0 bridgehead atoms. The highest BCUT2D eigenvalue weighted by Gasteiger charge is 2.21. The Hall–Kier alpha value is -0.830. The lowest BCUT2D eigenvalue weighted by molar-refractivity contribution is 0.747. The molecule has 2 fully saturated rings. The van der Waals surface area contributed by atoms with Crippen molar-refractivity contribution in [3.63, 3.8) is 0 Å². The van der Waals surface area contributed by atoms with Gasteiger partial charge in [-0.05, 0) is 37.5 Å². The number of anilines is 2. The van der Waals surface area contributed by atoms with Crippen molar-refractivity contribution in [1.29, 1.82) is 0 Å². The number of rotatable bonds is 3. The van der Waals surface area contributed by atoms with E-state index >= 15 is 0 Å². The third-order valence-corrected chi connectivity index (χ3v) is 5.24. The van der Waals surface area contributed by atoms with Crippen LogP contribution in [-0.4, -0.2) is 30.1 Å². The first kappa shape index (κ1) is 12.2. The lowest BCUT2D eigenvalue weighted by Gasteiger charge is -2.20. The molecule has 2 unspecified atom stereocenters. The first-order valence-electron chi connectivity index (χ1n) is 7.04. The number of thioether (sulfide) groups is 1. The molecule has 2 atom stereocenters. The summed E-state index contributed by atoms with van der Waals surface area (Å²) in [7, 11) is 0. The highest BCUT2D eigenvalue weighted by Crippen LogP contribution is 2.29. The minimum atomic E-state index is 0.652. The van der Waals surface area contributed by atoms with E-state index in [1.807, 2.05) is 0 Å². The van der Waals surface area contributed by atoms with E-state index < -0.39 is 0 Å². The number of benzene rings is 1. The second kappa shape index (κ2) is 5.43. The Kier molecular flexibility index (Phi) is 3.69. The molecule has 1 aromatic rings. The normalized spacial score (nSPS) is 27.7. The molecule has 0 aliphatic carbocycles. The van der Waals surface area contributed by atoms with Gasteiger partial charge >= 0.3 is 0 Å². The van der Waals surface area contributed by atoms with Gasteiger partial charge in [-0.15, -0.1) is 0 Å². The van der Waals surface area contributed by atoms with Crippen LogP contribution in [0.5, 0.6) is 0 Å². The Morgan fingerprint density at radius 2 is 2.11 bits per heavy atom. The summed E-state index contributed by atoms with van der Waals surface area (Å²) in [4.78, 5) is 2.50. The van der Waals surface area contributed by atoms with Gasteiger partial charge in [-0.2, -0.15) is 11.8 Å². The average molecular weight is 262 g/mol. The summed E-state index contributed by atoms with van der Waals surface area (Å²) in [6.45, 7) is 4.77. The van der Waals surface area contributed by atoms with Gasteiger partial charge in [0.15, 0.2) is 0 Å². The number of nitrogens with zero attached hydrogens (tertiary/aromatic N) is 1. The minimum absolute atomic E-state index is 0.652. The smallest absolute Gasteiger partial charge is 0.0386 e. The molecule has 3 rings (SSSR count). The molecule has 2 saturated heterocycles. The number of hydrogen-bond donors (Lipinski definition) is 1. The van der Waals surface area contributed by atoms with E-state index in [4.69, 9.17) is 0 Å². The monoisotopic (exact) mass is 262 g/mol. The van der Waals surface area contributed by atoms with E-state index in [0.29, 0.717) is 6.04 Å². The van der Waals surface area contributed by atoms with E-state index in [1.165, 1.54) is 49.5 Å². The van der Waals surface area contributed by atoms with Crippen LogP contribution >= 0.6 is 11.8 Å². The Bertz CT molecular complexity index is 401. The van der Waals surface area contributed by atoms with Crippen molar-refractivity contribution in [2.75, 3.05) is 29.1 Å². The van der Waals surface area contributed by atoms with Crippen LogP contribution in [0.4, 0.5) is 11.4 Å². The molecule has 0 saturated carbocycles. The van der Waals surface area contributed by atoms with Crippen LogP contribution in [-0.2, 0) is 0 Å². The maximum atomic E-state index is 3.69. The summed E-state index contributed by atoms with van der Waals surface area (Å²) in [6.07, 6.45) is 3.97. The Balaban J connectivity index is 1.66. The van der Waals surface area contributed by atoms with Crippen molar-refractivity contribution in [1.82, 2.24) is 0 Å². The number of nitrogens with one attached hydrogen (secondary N) is 1. The molecule has 1 N–H and O–H groups in total. The second-order valence-corrected chi connectivity index (χ2v) is 6.94. The maximum Gasteiger partial charge on any atom is 0.0386 e. The zero-order chi connectivity index (χ0) is 12.4. The molecule has 18 heavy (non-hydrogen) atoms. The summed E-state index contributed by atoms with van der Waals surface area (Å²) in [5.41, 5.74) is 2.68. The third kappa shape index (κ3) is 2.77. The van der Waals surface area contributed by atoms with Crippen LogP contribution in [0.1, 0.15) is 26.2 Å². The molecule has 0 amide bonds. The molecular formula is C15H22N2S. The Morgan fingerprint density at radius 3 is 2.83 bits per heavy atom. The Morgan fingerprint density at radius 1 is 1.28 bits per heavy atom. The van der Waals surface area contributed by atoms with E-state index in [2.05, 4.69) is 53.2 Å². The quantitative estimate of drug-likeness (QED) is 0.896. The van der Waals surface area contributed by atoms with Crippen LogP contribution in [0.15, 0.2) is 24.3 Å². The molecule has 2 heterocycles. The van der Waals surface area contributed by atoms with Crippen LogP contribution in [0.25, 0.3) is 0 Å². The molecule has 98 valence electrons. The first-order valence-corrected chi connectivity index (χ1v) is 8.09. The predicted molar refractivity (Wildman–Crippen MR) is 81.8 cm³/mol. The van der Waals surface area contributed by atoms with Gasteiger partial charge < -0.3 is 10.2 Å². The molecule has 3 heteroatoms. The number of hydrogen-bond acceptors (Lipinski definition) is 3. The van der Waals surface area contributed by atoms with Crippen molar-refractivity contribution < 1.29 is 0 Å². The van der Waals surface area contributed by atoms with Crippen molar-refractivity contribution in [3.8, 4) is 0 Å². The zero-order valence-corrected chi connectivity index (χ0v) is 11.9. The van der Waals surface area contributed by atoms with Crippen LogP contribution in [0.2, 0.25) is 0 Å².